The lowest BCUT2D eigenvalue weighted by Gasteiger charge is -2.31. The van der Waals surface area contributed by atoms with E-state index in [1.54, 1.807) is 27.8 Å². The number of nitrogens with zero attached hydrogens (tertiary/aromatic N) is 2. The number of hydrogen-bond donors (Lipinski definition) is 0. The lowest BCUT2D eigenvalue weighted by molar-refractivity contribution is -0.157. The molecule has 0 aliphatic rings. The van der Waals surface area contributed by atoms with Crippen LogP contribution in [0.25, 0.3) is 0 Å². The molecule has 1 aromatic rings. The molecule has 182 valence electrons. The van der Waals surface area contributed by atoms with Gasteiger partial charge in [-0.3, -0.25) is 4.79 Å². The van der Waals surface area contributed by atoms with Crippen LogP contribution in [0.1, 0.15) is 61.0 Å². The second kappa shape index (κ2) is 13.8. The molecule has 0 bridgehead atoms. The summed E-state index contributed by atoms with van der Waals surface area (Å²) in [6, 6.07) is 8.60. The number of ether oxygens (including phenoxy) is 2. The van der Waals surface area contributed by atoms with Gasteiger partial charge in [0.25, 0.3) is 0 Å². The predicted octanol–water partition coefficient (Wildman–Crippen LogP) is 4.74. The molecular weight excluding hydrogens is 408 g/mol. The van der Waals surface area contributed by atoms with Gasteiger partial charge in [-0.1, -0.05) is 65.0 Å². The SMILES string of the molecule is CC(C)C.CC(C)C(C(=O)OCc1ccccc1)N(C)C(=O)CN(C)C(=O)OC(C)(C)C. The zero-order valence-electron chi connectivity index (χ0n) is 21.5. The minimum Gasteiger partial charge on any atom is -0.459 e. The lowest BCUT2D eigenvalue weighted by Crippen LogP contribution is -2.50. The number of esters is 1. The highest BCUT2D eigenvalue weighted by atomic mass is 16.6. The van der Waals surface area contributed by atoms with E-state index in [0.717, 1.165) is 11.5 Å². The molecule has 2 amide bonds. The molecule has 0 aliphatic heterocycles. The van der Waals surface area contributed by atoms with Crippen LogP contribution in [0.2, 0.25) is 0 Å². The smallest absolute Gasteiger partial charge is 0.410 e. The second-order valence-electron chi connectivity index (χ2n) is 9.86. The van der Waals surface area contributed by atoms with Crippen molar-refractivity contribution in [2.75, 3.05) is 20.6 Å². The molecule has 0 saturated heterocycles. The fraction of sp³-hybridized carbons (Fsp3) is 0.640. The van der Waals surface area contributed by atoms with Crippen LogP contribution in [0.3, 0.4) is 0 Å². The van der Waals surface area contributed by atoms with E-state index in [9.17, 15) is 14.4 Å². The highest BCUT2D eigenvalue weighted by molar-refractivity contribution is 5.87. The predicted molar refractivity (Wildman–Crippen MR) is 127 cm³/mol. The molecule has 7 nitrogen and oxygen atoms in total. The van der Waals surface area contributed by atoms with Crippen molar-refractivity contribution in [1.82, 2.24) is 9.80 Å². The van der Waals surface area contributed by atoms with Crippen LogP contribution >= 0.6 is 0 Å². The first-order chi connectivity index (χ1) is 14.7. The Bertz CT molecular complexity index is 708. The van der Waals surface area contributed by atoms with Gasteiger partial charge in [0.15, 0.2) is 0 Å². The molecule has 0 radical (unpaired) electrons. The van der Waals surface area contributed by atoms with E-state index in [4.69, 9.17) is 9.47 Å². The molecule has 0 aromatic heterocycles. The standard InChI is InChI=1S/C21H32N2O5.C4H10/c1-15(2)18(19(25)27-14-16-11-9-8-10-12-16)23(7)17(24)13-22(6)20(26)28-21(3,4)5;1-4(2)3/h8-12,15,18H,13-14H2,1-7H3;4H,1-3H3. The molecule has 0 saturated carbocycles. The highest BCUT2D eigenvalue weighted by Gasteiger charge is 2.32. The fourth-order valence-electron chi connectivity index (χ4n) is 2.57. The van der Waals surface area contributed by atoms with Crippen LogP contribution in [-0.2, 0) is 25.7 Å². The Morgan fingerprint density at radius 3 is 1.88 bits per heavy atom. The van der Waals surface area contributed by atoms with Crippen molar-refractivity contribution in [3.05, 3.63) is 35.9 Å². The Morgan fingerprint density at radius 2 is 1.44 bits per heavy atom. The van der Waals surface area contributed by atoms with Crippen LogP contribution in [-0.4, -0.2) is 60.1 Å². The van der Waals surface area contributed by atoms with Crippen molar-refractivity contribution in [3.63, 3.8) is 0 Å². The van der Waals surface area contributed by atoms with Crippen molar-refractivity contribution in [2.24, 2.45) is 11.8 Å². The van der Waals surface area contributed by atoms with Crippen LogP contribution in [0.15, 0.2) is 30.3 Å². The second-order valence-corrected chi connectivity index (χ2v) is 9.86. The van der Waals surface area contributed by atoms with Crippen LogP contribution in [0.5, 0.6) is 0 Å². The molecule has 1 aromatic carbocycles. The van der Waals surface area contributed by atoms with Crippen LogP contribution in [0.4, 0.5) is 4.79 Å². The molecule has 1 atom stereocenters. The van der Waals surface area contributed by atoms with Crippen molar-refractivity contribution >= 4 is 18.0 Å². The average molecular weight is 451 g/mol. The molecule has 0 N–H and O–H groups in total. The highest BCUT2D eigenvalue weighted by Crippen LogP contribution is 2.14. The van der Waals surface area contributed by atoms with Gasteiger partial charge in [-0.25, -0.2) is 9.59 Å². The van der Waals surface area contributed by atoms with E-state index >= 15 is 0 Å². The summed E-state index contributed by atoms with van der Waals surface area (Å²) in [4.78, 5) is 39.8. The van der Waals surface area contributed by atoms with E-state index < -0.39 is 23.7 Å². The number of carbonyl (C=O) groups excluding carboxylic acids is 3. The number of hydrogen-bond acceptors (Lipinski definition) is 5. The fourth-order valence-corrected chi connectivity index (χ4v) is 2.57. The molecule has 1 rings (SSSR count). The molecule has 1 unspecified atom stereocenters. The monoisotopic (exact) mass is 450 g/mol. The first-order valence-corrected chi connectivity index (χ1v) is 11.1. The molecule has 0 fully saturated rings. The van der Waals surface area contributed by atoms with Gasteiger partial charge in [-0.2, -0.15) is 0 Å². The Morgan fingerprint density at radius 1 is 0.938 bits per heavy atom. The molecule has 32 heavy (non-hydrogen) atoms. The zero-order valence-corrected chi connectivity index (χ0v) is 21.5. The molecule has 0 aliphatic carbocycles. The zero-order chi connectivity index (χ0) is 25.1. The van der Waals surface area contributed by atoms with Gasteiger partial charge in [0, 0.05) is 14.1 Å². The normalized spacial score (nSPS) is 11.9. The maximum atomic E-state index is 12.6. The average Bonchev–Trinajstić information content (AvgIpc) is 2.65. The number of rotatable bonds is 7. The number of benzene rings is 1. The Labute approximate surface area is 194 Å². The van der Waals surface area contributed by atoms with E-state index in [0.29, 0.717) is 0 Å². The Hall–Kier alpha value is -2.57. The first-order valence-electron chi connectivity index (χ1n) is 11.1. The number of likely N-dealkylation sites (N-methyl/N-ethyl adjacent to an activating group) is 2. The van der Waals surface area contributed by atoms with Gasteiger partial charge in [-0.05, 0) is 38.2 Å². The van der Waals surface area contributed by atoms with Gasteiger partial charge >= 0.3 is 12.1 Å². The first kappa shape index (κ1) is 29.4. The summed E-state index contributed by atoms with van der Waals surface area (Å²) < 4.78 is 10.7. The summed E-state index contributed by atoms with van der Waals surface area (Å²) in [6.07, 6.45) is -0.595. The van der Waals surface area contributed by atoms with Crippen molar-refractivity contribution in [1.29, 1.82) is 0 Å². The largest absolute Gasteiger partial charge is 0.459 e. The van der Waals surface area contributed by atoms with E-state index in [-0.39, 0.29) is 25.0 Å². The van der Waals surface area contributed by atoms with Gasteiger partial charge < -0.3 is 19.3 Å². The summed E-state index contributed by atoms with van der Waals surface area (Å²) in [5, 5.41) is 0. The summed E-state index contributed by atoms with van der Waals surface area (Å²) in [6.45, 7) is 15.4. The van der Waals surface area contributed by atoms with E-state index in [2.05, 4.69) is 20.8 Å². The number of carbonyl (C=O) groups is 3. The Balaban J connectivity index is 0.00000220. The van der Waals surface area contributed by atoms with Gasteiger partial charge in [-0.15, -0.1) is 0 Å². The van der Waals surface area contributed by atoms with Gasteiger partial charge in [0.05, 0.1) is 0 Å². The van der Waals surface area contributed by atoms with Gasteiger partial charge in [0.2, 0.25) is 5.91 Å². The third kappa shape index (κ3) is 12.3. The molecular formula is C25H42N2O5. The minimum atomic E-state index is -0.747. The summed E-state index contributed by atoms with van der Waals surface area (Å²) >= 11 is 0. The number of amides is 2. The lowest BCUT2D eigenvalue weighted by atomic mass is 10.0. The third-order valence-electron chi connectivity index (χ3n) is 3.99. The third-order valence-corrected chi connectivity index (χ3v) is 3.99. The summed E-state index contributed by atoms with van der Waals surface area (Å²) in [5.74, 6) is -0.164. The van der Waals surface area contributed by atoms with Crippen molar-refractivity contribution < 1.29 is 23.9 Å². The van der Waals surface area contributed by atoms with Crippen LogP contribution < -0.4 is 0 Å². The van der Waals surface area contributed by atoms with E-state index in [1.807, 2.05) is 44.2 Å². The minimum absolute atomic E-state index is 0.142. The summed E-state index contributed by atoms with van der Waals surface area (Å²) in [7, 11) is 3.03. The maximum Gasteiger partial charge on any atom is 0.410 e. The van der Waals surface area contributed by atoms with E-state index in [1.165, 1.54) is 16.8 Å². The van der Waals surface area contributed by atoms with Crippen LogP contribution in [0, 0.1) is 11.8 Å². The topological polar surface area (TPSA) is 76.2 Å². The summed E-state index contributed by atoms with van der Waals surface area (Å²) in [5.41, 5.74) is 0.221. The quantitative estimate of drug-likeness (QED) is 0.561. The maximum absolute atomic E-state index is 12.6. The molecule has 7 heteroatoms. The van der Waals surface area contributed by atoms with Crippen molar-refractivity contribution in [3.8, 4) is 0 Å². The molecule has 0 spiro atoms. The van der Waals surface area contributed by atoms with Crippen molar-refractivity contribution in [2.45, 2.75) is 73.6 Å². The molecule has 0 heterocycles. The Kier molecular flexibility index (Phi) is 12.7. The van der Waals surface area contributed by atoms with Gasteiger partial charge in [0.1, 0.15) is 24.8 Å².